The van der Waals surface area contributed by atoms with E-state index in [0.717, 1.165) is 17.0 Å². The SMILES string of the molecule is Cc1cnc2c(S(=O)(=O)N3CCN(c4ccc(C(F)(F)F)nn4)CC3)cccc2c1. The van der Waals surface area contributed by atoms with Crippen LogP contribution in [0, 0.1) is 6.92 Å². The third kappa shape index (κ3) is 3.82. The van der Waals surface area contributed by atoms with Gasteiger partial charge in [-0.15, -0.1) is 10.2 Å². The number of halogens is 3. The summed E-state index contributed by atoms with van der Waals surface area (Å²) in [5.74, 6) is 0.280. The molecule has 4 rings (SSSR count). The zero-order valence-electron chi connectivity index (χ0n) is 16.0. The van der Waals surface area contributed by atoms with Gasteiger partial charge in [0.25, 0.3) is 0 Å². The number of fused-ring (bicyclic) bond motifs is 1. The highest BCUT2D eigenvalue weighted by Crippen LogP contribution is 2.29. The van der Waals surface area contributed by atoms with Gasteiger partial charge >= 0.3 is 6.18 Å². The number of alkyl halides is 3. The number of hydrogen-bond acceptors (Lipinski definition) is 6. The molecule has 0 spiro atoms. The van der Waals surface area contributed by atoms with Gasteiger partial charge in [-0.3, -0.25) is 4.98 Å². The fraction of sp³-hybridized carbons (Fsp3) is 0.316. The number of para-hydroxylation sites is 1. The van der Waals surface area contributed by atoms with E-state index in [1.165, 1.54) is 16.4 Å². The molecular weight excluding hydrogens is 419 g/mol. The van der Waals surface area contributed by atoms with Gasteiger partial charge in [0.2, 0.25) is 10.0 Å². The lowest BCUT2D eigenvalue weighted by Gasteiger charge is -2.34. The lowest BCUT2D eigenvalue weighted by molar-refractivity contribution is -0.141. The minimum atomic E-state index is -4.55. The van der Waals surface area contributed by atoms with Gasteiger partial charge in [0.05, 0.1) is 5.52 Å². The molecule has 0 unspecified atom stereocenters. The first-order valence-electron chi connectivity index (χ1n) is 9.18. The molecule has 11 heteroatoms. The van der Waals surface area contributed by atoms with Crippen LogP contribution in [-0.4, -0.2) is 54.1 Å². The molecule has 1 aliphatic rings. The molecular formula is C19H18F3N5O2S. The monoisotopic (exact) mass is 437 g/mol. The standard InChI is InChI=1S/C19H18F3N5O2S/c1-13-11-14-3-2-4-15(18(14)23-12-13)30(28,29)27-9-7-26(8-10-27)17-6-5-16(24-25-17)19(20,21)22/h2-6,11-12H,7-10H2,1H3. The first kappa shape index (κ1) is 20.5. The van der Waals surface area contributed by atoms with E-state index in [1.54, 1.807) is 17.2 Å². The van der Waals surface area contributed by atoms with E-state index in [4.69, 9.17) is 0 Å². The number of sulfonamides is 1. The summed E-state index contributed by atoms with van der Waals surface area (Å²) in [4.78, 5) is 6.16. The summed E-state index contributed by atoms with van der Waals surface area (Å²) in [7, 11) is -3.77. The molecule has 3 heterocycles. The van der Waals surface area contributed by atoms with Crippen molar-refractivity contribution in [3.63, 3.8) is 0 Å². The number of anilines is 1. The number of hydrogen-bond donors (Lipinski definition) is 0. The van der Waals surface area contributed by atoms with Crippen LogP contribution in [0.4, 0.5) is 19.0 Å². The van der Waals surface area contributed by atoms with Crippen molar-refractivity contribution in [2.75, 3.05) is 31.1 Å². The van der Waals surface area contributed by atoms with Crippen LogP contribution in [0.3, 0.4) is 0 Å². The van der Waals surface area contributed by atoms with Crippen molar-refractivity contribution in [1.82, 2.24) is 19.5 Å². The number of piperazine rings is 1. The van der Waals surface area contributed by atoms with Gasteiger partial charge in [-0.2, -0.15) is 17.5 Å². The van der Waals surface area contributed by atoms with Crippen molar-refractivity contribution >= 4 is 26.7 Å². The number of aromatic nitrogens is 3. The molecule has 1 saturated heterocycles. The highest BCUT2D eigenvalue weighted by atomic mass is 32.2. The Morgan fingerprint density at radius 1 is 1.00 bits per heavy atom. The summed E-state index contributed by atoms with van der Waals surface area (Å²) in [6, 6.07) is 9.03. The number of rotatable bonds is 3. The van der Waals surface area contributed by atoms with Gasteiger partial charge < -0.3 is 4.90 Å². The summed E-state index contributed by atoms with van der Waals surface area (Å²) in [5.41, 5.74) is 0.286. The first-order valence-corrected chi connectivity index (χ1v) is 10.6. The van der Waals surface area contributed by atoms with Crippen LogP contribution in [0.25, 0.3) is 10.9 Å². The summed E-state index contributed by atoms with van der Waals surface area (Å²) in [6.45, 7) is 2.81. The van der Waals surface area contributed by atoms with Gasteiger partial charge in [-0.25, -0.2) is 8.42 Å². The van der Waals surface area contributed by atoms with Crippen LogP contribution in [0.1, 0.15) is 11.3 Å². The maximum absolute atomic E-state index is 13.2. The van der Waals surface area contributed by atoms with Crippen molar-refractivity contribution in [3.05, 3.63) is 53.9 Å². The Morgan fingerprint density at radius 3 is 2.37 bits per heavy atom. The van der Waals surface area contributed by atoms with Gasteiger partial charge in [0.15, 0.2) is 11.5 Å². The predicted octanol–water partition coefficient (Wildman–Crippen LogP) is 2.86. The van der Waals surface area contributed by atoms with E-state index in [1.807, 2.05) is 19.1 Å². The zero-order valence-corrected chi connectivity index (χ0v) is 16.8. The lowest BCUT2D eigenvalue weighted by Crippen LogP contribution is -2.49. The number of pyridine rings is 1. The average molecular weight is 437 g/mol. The van der Waals surface area contributed by atoms with Crippen LogP contribution in [0.2, 0.25) is 0 Å². The van der Waals surface area contributed by atoms with Crippen LogP contribution in [0.5, 0.6) is 0 Å². The van der Waals surface area contributed by atoms with E-state index in [2.05, 4.69) is 15.2 Å². The minimum absolute atomic E-state index is 0.141. The Labute approximate surface area is 171 Å². The topological polar surface area (TPSA) is 79.3 Å². The Bertz CT molecular complexity index is 1170. The Morgan fingerprint density at radius 2 is 1.73 bits per heavy atom. The maximum Gasteiger partial charge on any atom is 0.435 e. The van der Waals surface area contributed by atoms with Crippen LogP contribution >= 0.6 is 0 Å². The Hall–Kier alpha value is -2.79. The molecule has 2 aromatic heterocycles. The second-order valence-electron chi connectivity index (χ2n) is 7.01. The van der Waals surface area contributed by atoms with E-state index in [0.29, 0.717) is 5.52 Å². The molecule has 158 valence electrons. The highest BCUT2D eigenvalue weighted by Gasteiger charge is 2.34. The molecule has 0 aliphatic carbocycles. The summed E-state index contributed by atoms with van der Waals surface area (Å²) in [5, 5.41) is 7.61. The van der Waals surface area contributed by atoms with Crippen molar-refractivity contribution < 1.29 is 21.6 Å². The van der Waals surface area contributed by atoms with Crippen molar-refractivity contribution in [3.8, 4) is 0 Å². The summed E-state index contributed by atoms with van der Waals surface area (Å²) >= 11 is 0. The second kappa shape index (κ2) is 7.47. The molecule has 0 bridgehead atoms. The smallest absolute Gasteiger partial charge is 0.352 e. The molecule has 1 aromatic carbocycles. The largest absolute Gasteiger partial charge is 0.435 e. The van der Waals surface area contributed by atoms with Crippen LogP contribution < -0.4 is 4.90 Å². The van der Waals surface area contributed by atoms with Crippen molar-refractivity contribution in [2.24, 2.45) is 0 Å². The molecule has 7 nitrogen and oxygen atoms in total. The summed E-state index contributed by atoms with van der Waals surface area (Å²) in [6.07, 6.45) is -2.92. The maximum atomic E-state index is 13.2. The van der Waals surface area contributed by atoms with Crippen LogP contribution in [0.15, 0.2) is 47.5 Å². The van der Waals surface area contributed by atoms with E-state index in [9.17, 15) is 21.6 Å². The third-order valence-electron chi connectivity index (χ3n) is 4.93. The highest BCUT2D eigenvalue weighted by molar-refractivity contribution is 7.89. The second-order valence-corrected chi connectivity index (χ2v) is 8.91. The molecule has 30 heavy (non-hydrogen) atoms. The number of nitrogens with zero attached hydrogens (tertiary/aromatic N) is 5. The fourth-order valence-electron chi connectivity index (χ4n) is 3.39. The molecule has 1 aliphatic heterocycles. The van der Waals surface area contributed by atoms with Crippen molar-refractivity contribution in [1.29, 1.82) is 0 Å². The van der Waals surface area contributed by atoms with Crippen LogP contribution in [-0.2, 0) is 16.2 Å². The number of aryl methyl sites for hydroxylation is 1. The van der Waals surface area contributed by atoms with Gasteiger partial charge in [0.1, 0.15) is 4.90 Å². The predicted molar refractivity (Wildman–Crippen MR) is 104 cm³/mol. The Balaban J connectivity index is 1.53. The molecule has 3 aromatic rings. The zero-order chi connectivity index (χ0) is 21.5. The van der Waals surface area contributed by atoms with E-state index in [-0.39, 0.29) is 36.9 Å². The Kier molecular flexibility index (Phi) is 5.10. The first-order chi connectivity index (χ1) is 14.2. The van der Waals surface area contributed by atoms with Gasteiger partial charge in [0, 0.05) is 37.8 Å². The van der Waals surface area contributed by atoms with E-state index < -0.39 is 21.9 Å². The van der Waals surface area contributed by atoms with Gasteiger partial charge in [-0.05, 0) is 36.8 Å². The molecule has 0 radical (unpaired) electrons. The lowest BCUT2D eigenvalue weighted by atomic mass is 10.2. The molecule has 0 amide bonds. The fourth-order valence-corrected chi connectivity index (χ4v) is 4.98. The molecule has 1 fully saturated rings. The molecule has 0 saturated carbocycles. The molecule has 0 N–H and O–H groups in total. The minimum Gasteiger partial charge on any atom is -0.352 e. The van der Waals surface area contributed by atoms with E-state index >= 15 is 0 Å². The third-order valence-corrected chi connectivity index (χ3v) is 6.86. The summed E-state index contributed by atoms with van der Waals surface area (Å²) < 4.78 is 65.7. The normalized spacial score (nSPS) is 16.2. The van der Waals surface area contributed by atoms with Crippen molar-refractivity contribution in [2.45, 2.75) is 18.0 Å². The molecule has 0 atom stereocenters. The quantitative estimate of drug-likeness (QED) is 0.627. The number of benzene rings is 1. The average Bonchev–Trinajstić information content (AvgIpc) is 2.72. The van der Waals surface area contributed by atoms with Gasteiger partial charge in [-0.1, -0.05) is 12.1 Å².